The first-order valence-corrected chi connectivity index (χ1v) is 4.34. The third-order valence-corrected chi connectivity index (χ3v) is 2.20. The molecule has 0 saturated heterocycles. The van der Waals surface area contributed by atoms with E-state index in [1.807, 2.05) is 6.07 Å². The lowest BCUT2D eigenvalue weighted by Gasteiger charge is -1.98. The molecule has 0 spiro atoms. The first-order chi connectivity index (χ1) is 4.86. The number of rotatable bonds is 0. The quantitative estimate of drug-likeness (QED) is 0.515. The maximum Gasteiger partial charge on any atom is 0.153 e. The molecule has 2 heterocycles. The molecule has 3 heteroatoms. The molecule has 2 nitrogen and oxygen atoms in total. The van der Waals surface area contributed by atoms with Gasteiger partial charge in [0.15, 0.2) is 4.11 Å². The predicted octanol–water partition coefficient (Wildman–Crippen LogP) is 1.78. The molecule has 1 atom stereocenters. The first kappa shape index (κ1) is 6.39. The van der Waals surface area contributed by atoms with Gasteiger partial charge in [-0.15, -0.1) is 0 Å². The molecule has 0 fully saturated rings. The van der Waals surface area contributed by atoms with Crippen molar-refractivity contribution < 1.29 is 4.74 Å². The molecule has 1 aliphatic rings. The number of hydrogen-bond donors (Lipinski definition) is 0. The van der Waals surface area contributed by atoms with Crippen LogP contribution in [0.3, 0.4) is 0 Å². The minimum absolute atomic E-state index is 0.303. The average Bonchev–Trinajstić information content (AvgIpc) is 2.27. The summed E-state index contributed by atoms with van der Waals surface area (Å²) in [5.41, 5.74) is 1.27. The third kappa shape index (κ3) is 0.982. The van der Waals surface area contributed by atoms with Crippen molar-refractivity contribution in [2.45, 2.75) is 10.5 Å². The largest absolute Gasteiger partial charge is 0.478 e. The number of ether oxygens (including phenoxy) is 1. The molecule has 0 radical (unpaired) electrons. The highest BCUT2D eigenvalue weighted by atomic mass is 127. The van der Waals surface area contributed by atoms with Gasteiger partial charge in [-0.05, 0) is 28.7 Å². The topological polar surface area (TPSA) is 22.1 Å². The Morgan fingerprint density at radius 2 is 2.60 bits per heavy atom. The summed E-state index contributed by atoms with van der Waals surface area (Å²) in [6, 6.07) is 2.01. The molecule has 0 aliphatic carbocycles. The Bertz CT molecular complexity index is 226. The molecule has 1 aromatic rings. The fourth-order valence-corrected chi connectivity index (χ4v) is 1.78. The number of hydrogen-bond acceptors (Lipinski definition) is 2. The SMILES string of the molecule is IC1Cc2ccncc2O1. The molecular weight excluding hydrogens is 241 g/mol. The Balaban J connectivity index is 2.42. The number of aromatic nitrogens is 1. The van der Waals surface area contributed by atoms with Crippen molar-refractivity contribution >= 4 is 22.6 Å². The summed E-state index contributed by atoms with van der Waals surface area (Å²) in [5, 5.41) is 0. The van der Waals surface area contributed by atoms with E-state index in [-0.39, 0.29) is 0 Å². The molecule has 1 aromatic heterocycles. The summed E-state index contributed by atoms with van der Waals surface area (Å²) in [5.74, 6) is 0.946. The zero-order valence-electron chi connectivity index (χ0n) is 5.25. The minimum Gasteiger partial charge on any atom is -0.478 e. The lowest BCUT2D eigenvalue weighted by molar-refractivity contribution is 0.337. The van der Waals surface area contributed by atoms with E-state index in [9.17, 15) is 0 Å². The van der Waals surface area contributed by atoms with E-state index in [1.165, 1.54) is 5.56 Å². The van der Waals surface area contributed by atoms with Gasteiger partial charge < -0.3 is 4.74 Å². The van der Waals surface area contributed by atoms with Gasteiger partial charge in [-0.3, -0.25) is 4.98 Å². The van der Waals surface area contributed by atoms with Crippen LogP contribution in [0.2, 0.25) is 0 Å². The molecule has 10 heavy (non-hydrogen) atoms. The summed E-state index contributed by atoms with van der Waals surface area (Å²) < 4.78 is 5.73. The van der Waals surface area contributed by atoms with Crippen LogP contribution in [-0.4, -0.2) is 9.09 Å². The molecule has 52 valence electrons. The fraction of sp³-hybridized carbons (Fsp3) is 0.286. The summed E-state index contributed by atoms with van der Waals surface area (Å²) >= 11 is 2.28. The van der Waals surface area contributed by atoms with Crippen LogP contribution in [0.25, 0.3) is 0 Å². The second-order valence-corrected chi connectivity index (χ2v) is 3.60. The zero-order valence-corrected chi connectivity index (χ0v) is 7.41. The third-order valence-electron chi connectivity index (χ3n) is 1.51. The molecule has 0 bridgehead atoms. The zero-order chi connectivity index (χ0) is 6.97. The van der Waals surface area contributed by atoms with Crippen LogP contribution < -0.4 is 4.74 Å². The molecule has 2 rings (SSSR count). The van der Waals surface area contributed by atoms with Gasteiger partial charge in [0.05, 0.1) is 6.20 Å². The second kappa shape index (κ2) is 2.38. The van der Waals surface area contributed by atoms with E-state index < -0.39 is 0 Å². The predicted molar refractivity (Wildman–Crippen MR) is 46.4 cm³/mol. The van der Waals surface area contributed by atoms with Gasteiger partial charge in [0.1, 0.15) is 5.75 Å². The van der Waals surface area contributed by atoms with Crippen molar-refractivity contribution in [3.63, 3.8) is 0 Å². The molecule has 0 saturated carbocycles. The summed E-state index contributed by atoms with van der Waals surface area (Å²) in [7, 11) is 0. The Kier molecular flexibility index (Phi) is 1.52. The number of fused-ring (bicyclic) bond motifs is 1. The highest BCUT2D eigenvalue weighted by molar-refractivity contribution is 14.1. The van der Waals surface area contributed by atoms with Crippen LogP contribution in [0.5, 0.6) is 5.75 Å². The van der Waals surface area contributed by atoms with E-state index in [2.05, 4.69) is 27.6 Å². The number of pyridine rings is 1. The van der Waals surface area contributed by atoms with Gasteiger partial charge in [0.2, 0.25) is 0 Å². The summed E-state index contributed by atoms with van der Waals surface area (Å²) in [6.45, 7) is 0. The van der Waals surface area contributed by atoms with Crippen LogP contribution in [0, 0.1) is 0 Å². The van der Waals surface area contributed by atoms with Gasteiger partial charge in [-0.1, -0.05) is 0 Å². The normalized spacial score (nSPS) is 21.9. The van der Waals surface area contributed by atoms with Gasteiger partial charge in [-0.2, -0.15) is 0 Å². The monoisotopic (exact) mass is 247 g/mol. The maximum absolute atomic E-state index is 5.43. The lowest BCUT2D eigenvalue weighted by atomic mass is 10.2. The summed E-state index contributed by atoms with van der Waals surface area (Å²) in [4.78, 5) is 3.96. The van der Waals surface area contributed by atoms with E-state index >= 15 is 0 Å². The molecule has 0 amide bonds. The summed E-state index contributed by atoms with van der Waals surface area (Å²) in [6.07, 6.45) is 4.59. The Hall–Kier alpha value is -0.320. The highest BCUT2D eigenvalue weighted by Crippen LogP contribution is 2.29. The maximum atomic E-state index is 5.43. The van der Waals surface area contributed by atoms with Gasteiger partial charge in [0.25, 0.3) is 0 Å². The molecular formula is C7H6INO. The number of nitrogens with zero attached hydrogens (tertiary/aromatic N) is 1. The van der Waals surface area contributed by atoms with Gasteiger partial charge in [0, 0.05) is 18.2 Å². The second-order valence-electron chi connectivity index (χ2n) is 2.22. The Labute approximate surface area is 72.8 Å². The lowest BCUT2D eigenvalue weighted by Crippen LogP contribution is -2.00. The molecule has 1 unspecified atom stereocenters. The van der Waals surface area contributed by atoms with Crippen LogP contribution in [0.15, 0.2) is 18.5 Å². The van der Waals surface area contributed by atoms with Crippen LogP contribution in [0.4, 0.5) is 0 Å². The van der Waals surface area contributed by atoms with Crippen molar-refractivity contribution in [1.29, 1.82) is 0 Å². The Morgan fingerprint density at radius 3 is 3.40 bits per heavy atom. The van der Waals surface area contributed by atoms with Gasteiger partial charge in [-0.25, -0.2) is 0 Å². The van der Waals surface area contributed by atoms with Crippen molar-refractivity contribution in [3.05, 3.63) is 24.0 Å². The molecule has 0 N–H and O–H groups in total. The van der Waals surface area contributed by atoms with E-state index in [0.29, 0.717) is 4.11 Å². The number of alkyl halides is 1. The highest BCUT2D eigenvalue weighted by Gasteiger charge is 2.18. The Morgan fingerprint density at radius 1 is 1.70 bits per heavy atom. The minimum atomic E-state index is 0.303. The number of halogens is 1. The van der Waals surface area contributed by atoms with E-state index in [4.69, 9.17) is 4.74 Å². The molecule has 0 aromatic carbocycles. The first-order valence-electron chi connectivity index (χ1n) is 3.10. The van der Waals surface area contributed by atoms with Crippen molar-refractivity contribution in [3.8, 4) is 5.75 Å². The van der Waals surface area contributed by atoms with Crippen LogP contribution in [0.1, 0.15) is 5.56 Å². The van der Waals surface area contributed by atoms with Crippen LogP contribution >= 0.6 is 22.6 Å². The average molecular weight is 247 g/mol. The van der Waals surface area contributed by atoms with Crippen molar-refractivity contribution in [2.75, 3.05) is 0 Å². The standard InChI is InChI=1S/C7H6INO/c8-7-3-5-1-2-9-4-6(5)10-7/h1-2,4,7H,3H2. The van der Waals surface area contributed by atoms with Crippen LogP contribution in [-0.2, 0) is 6.42 Å². The van der Waals surface area contributed by atoms with E-state index in [0.717, 1.165) is 12.2 Å². The smallest absolute Gasteiger partial charge is 0.153 e. The van der Waals surface area contributed by atoms with Crippen molar-refractivity contribution in [1.82, 2.24) is 4.98 Å². The van der Waals surface area contributed by atoms with Gasteiger partial charge >= 0.3 is 0 Å². The van der Waals surface area contributed by atoms with Crippen molar-refractivity contribution in [2.24, 2.45) is 0 Å². The molecule has 1 aliphatic heterocycles. The fourth-order valence-electron chi connectivity index (χ4n) is 1.04. The van der Waals surface area contributed by atoms with E-state index in [1.54, 1.807) is 12.4 Å².